The van der Waals surface area contributed by atoms with Gasteiger partial charge in [0.15, 0.2) is 17.6 Å². The zero-order valence-corrected chi connectivity index (χ0v) is 26.3. The number of aromatic nitrogens is 3. The summed E-state index contributed by atoms with van der Waals surface area (Å²) in [4.78, 5) is 40.3. The number of hydrogen-bond acceptors (Lipinski definition) is 8. The third-order valence-corrected chi connectivity index (χ3v) is 7.51. The van der Waals surface area contributed by atoms with Crippen LogP contribution in [0.25, 0.3) is 17.1 Å². The summed E-state index contributed by atoms with van der Waals surface area (Å²) in [7, 11) is 0. The molecule has 3 aromatic carbocycles. The molecular formula is C31H27F5N6O5S. The molecule has 4 aromatic rings. The molecule has 11 nitrogen and oxygen atoms in total. The highest BCUT2D eigenvalue weighted by atomic mass is 32.2. The predicted octanol–water partition coefficient (Wildman–Crippen LogP) is 7.01. The monoisotopic (exact) mass is 690 g/mol. The summed E-state index contributed by atoms with van der Waals surface area (Å²) in [5, 5.41) is 4.39. The first-order valence-electron chi connectivity index (χ1n) is 14.1. The second-order valence-electron chi connectivity index (χ2n) is 10.6. The molecule has 1 saturated heterocycles. The Balaban J connectivity index is 1.20. The quantitative estimate of drug-likeness (QED) is 0.139. The largest absolute Gasteiger partial charge is 0.573 e. The summed E-state index contributed by atoms with van der Waals surface area (Å²) in [6.07, 6.45) is -4.01. The molecule has 252 valence electrons. The van der Waals surface area contributed by atoms with Gasteiger partial charge in [0, 0.05) is 12.5 Å². The first kappa shape index (κ1) is 34.3. The number of hydrogen-bond donors (Lipinski definition) is 1. The number of benzene rings is 3. The molecule has 48 heavy (non-hydrogen) atoms. The zero-order chi connectivity index (χ0) is 34.6. The number of halogens is 5. The van der Waals surface area contributed by atoms with E-state index in [0.29, 0.717) is 29.6 Å². The Labute approximate surface area is 274 Å². The first-order valence-corrected chi connectivity index (χ1v) is 15.1. The van der Waals surface area contributed by atoms with Crippen LogP contribution in [-0.4, -0.2) is 56.5 Å². The molecular weight excluding hydrogens is 663 g/mol. The van der Waals surface area contributed by atoms with Crippen LogP contribution in [0.1, 0.15) is 31.1 Å². The number of urea groups is 1. The number of amidine groups is 1. The van der Waals surface area contributed by atoms with E-state index in [1.807, 2.05) is 0 Å². The molecule has 0 bridgehead atoms. The molecule has 0 aliphatic carbocycles. The molecule has 0 radical (unpaired) electrons. The Kier molecular flexibility index (Phi) is 10.00. The predicted molar refractivity (Wildman–Crippen MR) is 166 cm³/mol. The Morgan fingerprint density at radius 1 is 1.06 bits per heavy atom. The highest BCUT2D eigenvalue weighted by Crippen LogP contribution is 2.36. The van der Waals surface area contributed by atoms with E-state index in [2.05, 4.69) is 25.3 Å². The first-order chi connectivity index (χ1) is 22.6. The van der Waals surface area contributed by atoms with Crippen LogP contribution in [0.3, 0.4) is 0 Å². The number of amides is 3. The highest BCUT2D eigenvalue weighted by Gasteiger charge is 2.34. The fraction of sp³-hybridized carbons (Fsp3) is 0.258. The fourth-order valence-electron chi connectivity index (χ4n) is 4.35. The van der Waals surface area contributed by atoms with Gasteiger partial charge in [-0.05, 0) is 61.4 Å². The summed E-state index contributed by atoms with van der Waals surface area (Å²) < 4.78 is 74.8. The van der Waals surface area contributed by atoms with Crippen molar-refractivity contribution in [1.29, 1.82) is 0 Å². The maximum absolute atomic E-state index is 13.5. The van der Waals surface area contributed by atoms with E-state index in [1.165, 1.54) is 41.3 Å². The van der Waals surface area contributed by atoms with Gasteiger partial charge in [0.25, 0.3) is 5.92 Å². The molecule has 2 heterocycles. The fourth-order valence-corrected chi connectivity index (χ4v) is 5.21. The van der Waals surface area contributed by atoms with Crippen LogP contribution in [0.2, 0.25) is 0 Å². The van der Waals surface area contributed by atoms with Crippen LogP contribution in [0, 0.1) is 6.92 Å². The Bertz CT molecular complexity index is 1810. The average molecular weight is 691 g/mol. The Morgan fingerprint density at radius 3 is 2.44 bits per heavy atom. The molecule has 5 rings (SSSR count). The van der Waals surface area contributed by atoms with Gasteiger partial charge in [0.1, 0.15) is 23.9 Å². The third kappa shape index (κ3) is 8.86. The van der Waals surface area contributed by atoms with Crippen molar-refractivity contribution in [1.82, 2.24) is 20.2 Å². The number of nitrogens with one attached hydrogen (secondary N) is 1. The summed E-state index contributed by atoms with van der Waals surface area (Å²) in [6.45, 7) is 3.25. The van der Waals surface area contributed by atoms with Crippen molar-refractivity contribution in [3.63, 3.8) is 0 Å². The Hall–Kier alpha value is -5.03. The third-order valence-electron chi connectivity index (χ3n) is 6.59. The summed E-state index contributed by atoms with van der Waals surface area (Å²) in [5.74, 6) is -3.50. The number of thioether (sulfide) groups is 1. The molecule has 0 spiro atoms. The minimum absolute atomic E-state index is 0.0225. The average Bonchev–Trinajstić information content (AvgIpc) is 3.65. The van der Waals surface area contributed by atoms with E-state index >= 15 is 0 Å². The van der Waals surface area contributed by atoms with Crippen LogP contribution < -0.4 is 19.9 Å². The van der Waals surface area contributed by atoms with Gasteiger partial charge in [0.2, 0.25) is 5.91 Å². The molecule has 1 unspecified atom stereocenters. The van der Waals surface area contributed by atoms with Crippen molar-refractivity contribution >= 4 is 34.6 Å². The lowest BCUT2D eigenvalue weighted by atomic mass is 10.1. The normalized spacial score (nSPS) is 15.1. The van der Waals surface area contributed by atoms with E-state index < -0.39 is 36.9 Å². The van der Waals surface area contributed by atoms with Crippen LogP contribution in [0.5, 0.6) is 11.5 Å². The number of nitrogens with zero attached hydrogens (tertiary/aromatic N) is 5. The number of ether oxygens (including phenoxy) is 2. The maximum Gasteiger partial charge on any atom is 0.573 e. The molecule has 1 atom stereocenters. The van der Waals surface area contributed by atoms with Crippen LogP contribution in [-0.2, 0) is 9.63 Å². The smallest absolute Gasteiger partial charge is 0.485 e. The Morgan fingerprint density at radius 2 is 1.77 bits per heavy atom. The van der Waals surface area contributed by atoms with Gasteiger partial charge in [0.05, 0.1) is 17.1 Å². The summed E-state index contributed by atoms with van der Waals surface area (Å²) in [6, 6.07) is 15.9. The van der Waals surface area contributed by atoms with Crippen molar-refractivity contribution in [2.45, 2.75) is 39.2 Å². The second kappa shape index (κ2) is 14.0. The lowest BCUT2D eigenvalue weighted by Gasteiger charge is -2.21. The molecule has 1 N–H and O–H groups in total. The van der Waals surface area contributed by atoms with Crippen LogP contribution in [0.4, 0.5) is 32.4 Å². The van der Waals surface area contributed by atoms with Crippen molar-refractivity contribution in [2.75, 3.05) is 17.3 Å². The standard InChI is InChI=1S/C31H27F5N6O5S/c1-18-4-13-25(45-16-30(3,32)33)24(14-18)42-26(43)15-48-29(42)38-28(44)40-47-19(2)20-5-7-21(8-6-20)27-37-17-41(39-27)22-9-11-23(12-10-22)46-31(34,35)36/h4-14,17,19H,15-16H2,1-3H3,(H,40,44). The van der Waals surface area contributed by atoms with Gasteiger partial charge >= 0.3 is 12.4 Å². The number of anilines is 1. The molecule has 3 amide bonds. The number of alkyl halides is 5. The number of hydroxylamine groups is 1. The molecule has 17 heteroatoms. The molecule has 0 saturated carbocycles. The van der Waals surface area contributed by atoms with Crippen molar-refractivity contribution in [2.24, 2.45) is 4.99 Å². The van der Waals surface area contributed by atoms with E-state index in [-0.39, 0.29) is 28.1 Å². The van der Waals surface area contributed by atoms with Crippen LogP contribution in [0.15, 0.2) is 78.0 Å². The zero-order valence-electron chi connectivity index (χ0n) is 25.5. The van der Waals surface area contributed by atoms with Gasteiger partial charge < -0.3 is 9.47 Å². The summed E-state index contributed by atoms with van der Waals surface area (Å²) in [5.41, 5.74) is 4.94. The number of carbonyl (C=O) groups is 2. The second-order valence-corrected chi connectivity index (χ2v) is 11.5. The lowest BCUT2D eigenvalue weighted by Crippen LogP contribution is -2.32. The number of rotatable bonds is 10. The van der Waals surface area contributed by atoms with Gasteiger partial charge in [-0.2, -0.15) is 4.99 Å². The van der Waals surface area contributed by atoms with Crippen molar-refractivity contribution in [3.05, 3.63) is 84.2 Å². The van der Waals surface area contributed by atoms with Crippen molar-refractivity contribution < 1.29 is 45.9 Å². The highest BCUT2D eigenvalue weighted by molar-refractivity contribution is 8.15. The molecule has 1 aliphatic rings. The van der Waals surface area contributed by atoms with Crippen molar-refractivity contribution in [3.8, 4) is 28.6 Å². The SMILES string of the molecule is Cc1ccc(OCC(C)(F)F)c(N2C(=O)CSC2=NC(=O)NOC(C)c2ccc(-c3ncn(-c4ccc(OC(F)(F)F)cc4)n3)cc2)c1. The molecule has 1 aromatic heterocycles. The van der Waals surface area contributed by atoms with Gasteiger partial charge in [-0.1, -0.05) is 42.1 Å². The van der Waals surface area contributed by atoms with Crippen LogP contribution >= 0.6 is 11.8 Å². The number of carbonyl (C=O) groups excluding carboxylic acids is 2. The number of aliphatic imine (C=N–C) groups is 1. The van der Waals surface area contributed by atoms with E-state index in [4.69, 9.17) is 9.57 Å². The minimum atomic E-state index is -4.79. The van der Waals surface area contributed by atoms with Gasteiger partial charge in [-0.25, -0.2) is 28.7 Å². The van der Waals surface area contributed by atoms with E-state index in [0.717, 1.165) is 22.2 Å². The topological polar surface area (TPSA) is 120 Å². The summed E-state index contributed by atoms with van der Waals surface area (Å²) >= 11 is 0.999. The van der Waals surface area contributed by atoms with E-state index in [9.17, 15) is 31.5 Å². The minimum Gasteiger partial charge on any atom is -0.485 e. The van der Waals surface area contributed by atoms with Gasteiger partial charge in [-0.3, -0.25) is 14.5 Å². The molecule has 1 aliphatic heterocycles. The maximum atomic E-state index is 13.5. The van der Waals surface area contributed by atoms with E-state index in [1.54, 1.807) is 50.2 Å². The molecule has 1 fully saturated rings. The number of aryl methyl sites for hydroxylation is 1. The van der Waals surface area contributed by atoms with Gasteiger partial charge in [-0.15, -0.1) is 18.3 Å². The lowest BCUT2D eigenvalue weighted by molar-refractivity contribution is -0.274.